The van der Waals surface area contributed by atoms with Crippen molar-refractivity contribution in [3.63, 3.8) is 0 Å². The maximum absolute atomic E-state index is 12.4. The van der Waals surface area contributed by atoms with E-state index in [4.69, 9.17) is 9.47 Å². The van der Waals surface area contributed by atoms with E-state index < -0.39 is 5.79 Å². The Morgan fingerprint density at radius 2 is 1.95 bits per heavy atom. The fourth-order valence-corrected chi connectivity index (χ4v) is 3.10. The molecule has 1 amide bonds. The first-order valence-electron chi connectivity index (χ1n) is 7.78. The van der Waals surface area contributed by atoms with Crippen LogP contribution in [0.25, 0.3) is 0 Å². The Labute approximate surface area is 126 Å². The van der Waals surface area contributed by atoms with Crippen LogP contribution in [0.5, 0.6) is 0 Å². The van der Waals surface area contributed by atoms with Crippen LogP contribution in [0, 0.1) is 6.92 Å². The Hall–Kier alpha value is -1.39. The van der Waals surface area contributed by atoms with E-state index in [-0.39, 0.29) is 5.91 Å². The number of ether oxygens (including phenoxy) is 2. The van der Waals surface area contributed by atoms with Crippen LogP contribution >= 0.6 is 0 Å². The first kappa shape index (κ1) is 14.5. The Morgan fingerprint density at radius 1 is 1.24 bits per heavy atom. The molecule has 1 aromatic rings. The molecular weight excluding hydrogens is 266 g/mol. The number of carbonyl (C=O) groups excluding carboxylic acids is 1. The lowest BCUT2D eigenvalue weighted by atomic mass is 10.0. The minimum absolute atomic E-state index is 0.203. The molecule has 0 bridgehead atoms. The second kappa shape index (κ2) is 6.16. The predicted octanol–water partition coefficient (Wildman–Crippen LogP) is 2.29. The SMILES string of the molecule is Cc1ccc(CCC(=O)N2CCCC3(C2)OCCO3)cc1. The summed E-state index contributed by atoms with van der Waals surface area (Å²) < 4.78 is 11.4. The molecule has 2 aliphatic heterocycles. The van der Waals surface area contributed by atoms with Crippen molar-refractivity contribution in [2.45, 2.75) is 38.4 Å². The molecule has 3 rings (SSSR count). The molecule has 0 saturated carbocycles. The molecule has 114 valence electrons. The smallest absolute Gasteiger partial charge is 0.223 e. The van der Waals surface area contributed by atoms with Crippen molar-refractivity contribution in [1.82, 2.24) is 4.90 Å². The third-order valence-electron chi connectivity index (χ3n) is 4.33. The summed E-state index contributed by atoms with van der Waals surface area (Å²) in [6.45, 7) is 4.77. The summed E-state index contributed by atoms with van der Waals surface area (Å²) in [5, 5.41) is 0. The van der Waals surface area contributed by atoms with Gasteiger partial charge in [-0.3, -0.25) is 4.79 Å². The highest BCUT2D eigenvalue weighted by molar-refractivity contribution is 5.76. The minimum Gasteiger partial charge on any atom is -0.346 e. The van der Waals surface area contributed by atoms with Gasteiger partial charge in [0.25, 0.3) is 0 Å². The van der Waals surface area contributed by atoms with Gasteiger partial charge in [-0.1, -0.05) is 29.8 Å². The number of hydrogen-bond donors (Lipinski definition) is 0. The van der Waals surface area contributed by atoms with Crippen molar-refractivity contribution in [2.75, 3.05) is 26.3 Å². The molecule has 2 heterocycles. The molecule has 0 N–H and O–H groups in total. The summed E-state index contributed by atoms with van der Waals surface area (Å²) in [6.07, 6.45) is 3.20. The van der Waals surface area contributed by atoms with Crippen LogP contribution in [-0.4, -0.2) is 42.9 Å². The summed E-state index contributed by atoms with van der Waals surface area (Å²) >= 11 is 0. The maximum Gasteiger partial charge on any atom is 0.223 e. The second-order valence-corrected chi connectivity index (χ2v) is 6.01. The molecule has 0 aromatic heterocycles. The average molecular weight is 289 g/mol. The molecule has 4 nitrogen and oxygen atoms in total. The first-order valence-corrected chi connectivity index (χ1v) is 7.78. The number of piperidine rings is 1. The molecule has 1 aromatic carbocycles. The van der Waals surface area contributed by atoms with Gasteiger partial charge in [-0.15, -0.1) is 0 Å². The largest absolute Gasteiger partial charge is 0.346 e. The van der Waals surface area contributed by atoms with Gasteiger partial charge in [-0.25, -0.2) is 0 Å². The van der Waals surface area contributed by atoms with Gasteiger partial charge in [-0.05, 0) is 25.3 Å². The predicted molar refractivity (Wildman–Crippen MR) is 79.9 cm³/mol. The van der Waals surface area contributed by atoms with Gasteiger partial charge in [0.1, 0.15) is 0 Å². The van der Waals surface area contributed by atoms with Crippen molar-refractivity contribution < 1.29 is 14.3 Å². The molecule has 0 aliphatic carbocycles. The van der Waals surface area contributed by atoms with Crippen LogP contribution in [0.15, 0.2) is 24.3 Å². The van der Waals surface area contributed by atoms with Gasteiger partial charge in [0.2, 0.25) is 5.91 Å². The van der Waals surface area contributed by atoms with E-state index >= 15 is 0 Å². The molecule has 0 radical (unpaired) electrons. The normalized spacial score (nSPS) is 20.9. The average Bonchev–Trinajstić information content (AvgIpc) is 2.94. The monoisotopic (exact) mass is 289 g/mol. The number of carbonyl (C=O) groups is 1. The zero-order chi connectivity index (χ0) is 14.7. The topological polar surface area (TPSA) is 38.8 Å². The molecule has 21 heavy (non-hydrogen) atoms. The molecule has 4 heteroatoms. The van der Waals surface area contributed by atoms with Gasteiger partial charge in [0.05, 0.1) is 19.8 Å². The van der Waals surface area contributed by atoms with Crippen molar-refractivity contribution in [2.24, 2.45) is 0 Å². The molecule has 2 fully saturated rings. The fourth-order valence-electron chi connectivity index (χ4n) is 3.10. The maximum atomic E-state index is 12.4. The van der Waals surface area contributed by atoms with E-state index in [1.165, 1.54) is 11.1 Å². The zero-order valence-corrected chi connectivity index (χ0v) is 12.6. The third kappa shape index (κ3) is 3.44. The number of rotatable bonds is 3. The molecule has 2 saturated heterocycles. The van der Waals surface area contributed by atoms with Gasteiger partial charge < -0.3 is 14.4 Å². The van der Waals surface area contributed by atoms with Gasteiger partial charge in [-0.2, -0.15) is 0 Å². The lowest BCUT2D eigenvalue weighted by molar-refractivity contribution is -0.193. The second-order valence-electron chi connectivity index (χ2n) is 6.01. The highest BCUT2D eigenvalue weighted by Gasteiger charge is 2.41. The summed E-state index contributed by atoms with van der Waals surface area (Å²) in [4.78, 5) is 14.3. The standard InChI is InChI=1S/C17H23NO3/c1-14-3-5-15(6-4-14)7-8-16(19)18-10-2-9-17(13-18)20-11-12-21-17/h3-6H,2,7-13H2,1H3. The van der Waals surface area contributed by atoms with Crippen molar-refractivity contribution in [1.29, 1.82) is 0 Å². The summed E-state index contributed by atoms with van der Waals surface area (Å²) in [5.41, 5.74) is 2.47. The molecular formula is C17H23NO3. The number of benzene rings is 1. The van der Waals surface area contributed by atoms with Crippen LogP contribution in [-0.2, 0) is 20.7 Å². The van der Waals surface area contributed by atoms with Crippen molar-refractivity contribution in [3.8, 4) is 0 Å². The number of likely N-dealkylation sites (tertiary alicyclic amines) is 1. The summed E-state index contributed by atoms with van der Waals surface area (Å²) in [7, 11) is 0. The Kier molecular flexibility index (Phi) is 4.27. The van der Waals surface area contributed by atoms with Crippen LogP contribution in [0.2, 0.25) is 0 Å². The van der Waals surface area contributed by atoms with E-state index in [0.29, 0.717) is 26.2 Å². The van der Waals surface area contributed by atoms with Crippen LogP contribution < -0.4 is 0 Å². The summed E-state index contributed by atoms with van der Waals surface area (Å²) in [6, 6.07) is 8.39. The van der Waals surface area contributed by atoms with Crippen LogP contribution in [0.1, 0.15) is 30.4 Å². The molecule has 1 spiro atoms. The quantitative estimate of drug-likeness (QED) is 0.857. The number of nitrogens with zero attached hydrogens (tertiary/aromatic N) is 1. The van der Waals surface area contributed by atoms with E-state index in [2.05, 4.69) is 31.2 Å². The fraction of sp³-hybridized carbons (Fsp3) is 0.588. The highest BCUT2D eigenvalue weighted by Crippen LogP contribution is 2.30. The van der Waals surface area contributed by atoms with Crippen molar-refractivity contribution in [3.05, 3.63) is 35.4 Å². The van der Waals surface area contributed by atoms with E-state index in [0.717, 1.165) is 25.8 Å². The minimum atomic E-state index is -0.516. The molecule has 0 atom stereocenters. The van der Waals surface area contributed by atoms with Gasteiger partial charge in [0.15, 0.2) is 5.79 Å². The molecule has 2 aliphatic rings. The molecule has 0 unspecified atom stereocenters. The van der Waals surface area contributed by atoms with Gasteiger partial charge >= 0.3 is 0 Å². The number of hydrogen-bond acceptors (Lipinski definition) is 3. The van der Waals surface area contributed by atoms with E-state index in [1.54, 1.807) is 0 Å². The lowest BCUT2D eigenvalue weighted by Crippen LogP contribution is -2.51. The Morgan fingerprint density at radius 3 is 2.67 bits per heavy atom. The highest BCUT2D eigenvalue weighted by atomic mass is 16.7. The summed E-state index contributed by atoms with van der Waals surface area (Å²) in [5.74, 6) is -0.314. The van der Waals surface area contributed by atoms with E-state index in [9.17, 15) is 4.79 Å². The van der Waals surface area contributed by atoms with Crippen LogP contribution in [0.4, 0.5) is 0 Å². The van der Waals surface area contributed by atoms with Crippen LogP contribution in [0.3, 0.4) is 0 Å². The van der Waals surface area contributed by atoms with Gasteiger partial charge in [0, 0.05) is 19.4 Å². The Balaban J connectivity index is 1.54. The lowest BCUT2D eigenvalue weighted by Gasteiger charge is -2.38. The first-order chi connectivity index (χ1) is 10.2. The number of aryl methyl sites for hydroxylation is 2. The number of amides is 1. The Bertz CT molecular complexity index is 491. The third-order valence-corrected chi connectivity index (χ3v) is 4.33. The van der Waals surface area contributed by atoms with Crippen molar-refractivity contribution >= 4 is 5.91 Å². The van der Waals surface area contributed by atoms with E-state index in [1.807, 2.05) is 4.90 Å². The zero-order valence-electron chi connectivity index (χ0n) is 12.6.